The number of aromatic nitrogens is 2. The Kier molecular flexibility index (Phi) is 9.03. The fourth-order valence-electron chi connectivity index (χ4n) is 5.58. The Morgan fingerprint density at radius 1 is 0.889 bits per heavy atom. The van der Waals surface area contributed by atoms with Crippen LogP contribution < -0.4 is 20.1 Å². The number of carbonyl (C=O) groups excluding carboxylic acids is 1. The number of ether oxygens (including phenoxy) is 2. The monoisotopic (exact) mass is 599 g/mol. The van der Waals surface area contributed by atoms with Gasteiger partial charge in [0, 0.05) is 48.3 Å². The quantitative estimate of drug-likeness (QED) is 0.178. The van der Waals surface area contributed by atoms with E-state index in [-0.39, 0.29) is 5.91 Å². The maximum absolute atomic E-state index is 13.2. The zero-order valence-corrected chi connectivity index (χ0v) is 25.8. The average molecular weight is 600 g/mol. The Balaban J connectivity index is 1.05. The van der Waals surface area contributed by atoms with Crippen molar-refractivity contribution in [2.24, 2.45) is 0 Å². The van der Waals surface area contributed by atoms with Gasteiger partial charge in [0.25, 0.3) is 5.91 Å². The molecule has 0 atom stereocenters. The molecule has 2 heterocycles. The molecular weight excluding hydrogens is 562 g/mol. The van der Waals surface area contributed by atoms with Crippen molar-refractivity contribution in [3.63, 3.8) is 0 Å². The van der Waals surface area contributed by atoms with E-state index in [1.807, 2.05) is 73.7 Å². The average Bonchev–Trinajstić information content (AvgIpc) is 3.08. The molecular formula is C37H37N5O3. The van der Waals surface area contributed by atoms with E-state index in [2.05, 4.69) is 49.8 Å². The molecule has 1 aromatic heterocycles. The normalized spacial score (nSPS) is 12.7. The standard InChI is InChI=1S/C37H37N5O3/c1-25-9-12-29(21-33(25)41-37-38-18-15-32(40-37)27-7-5-4-6-8-27)36(43)39-31-13-10-26(11-14-31)16-19-42-20-17-28-22-34(44-2)35(45-3)23-30(28)24-42/h4-15,18,21-23H,16-17,19-20,24H2,1-3H3,(H,39,43)(H,38,40,41). The predicted molar refractivity (Wildman–Crippen MR) is 179 cm³/mol. The van der Waals surface area contributed by atoms with Gasteiger partial charge in [0.1, 0.15) is 0 Å². The van der Waals surface area contributed by atoms with Gasteiger partial charge in [-0.05, 0) is 84.5 Å². The van der Waals surface area contributed by atoms with Crippen LogP contribution in [0.1, 0.15) is 32.6 Å². The second kappa shape index (κ2) is 13.6. The Morgan fingerprint density at radius 3 is 2.40 bits per heavy atom. The van der Waals surface area contributed by atoms with E-state index in [1.165, 1.54) is 16.7 Å². The molecule has 1 amide bonds. The zero-order chi connectivity index (χ0) is 31.2. The highest BCUT2D eigenvalue weighted by Crippen LogP contribution is 2.33. The van der Waals surface area contributed by atoms with Crippen molar-refractivity contribution in [3.8, 4) is 22.8 Å². The van der Waals surface area contributed by atoms with E-state index in [4.69, 9.17) is 9.47 Å². The number of nitrogens with zero attached hydrogens (tertiary/aromatic N) is 3. The summed E-state index contributed by atoms with van der Waals surface area (Å²) >= 11 is 0. The van der Waals surface area contributed by atoms with E-state index in [9.17, 15) is 4.79 Å². The van der Waals surface area contributed by atoms with Gasteiger partial charge >= 0.3 is 0 Å². The van der Waals surface area contributed by atoms with Crippen LogP contribution in [0.4, 0.5) is 17.3 Å². The van der Waals surface area contributed by atoms with Gasteiger partial charge in [0.2, 0.25) is 5.95 Å². The van der Waals surface area contributed by atoms with Crippen molar-refractivity contribution >= 4 is 23.2 Å². The lowest BCUT2D eigenvalue weighted by Crippen LogP contribution is -2.32. The molecule has 1 aliphatic rings. The molecule has 0 fully saturated rings. The molecule has 0 saturated carbocycles. The van der Waals surface area contributed by atoms with Crippen LogP contribution in [0.5, 0.6) is 11.5 Å². The van der Waals surface area contributed by atoms with Crippen molar-refractivity contribution in [3.05, 3.63) is 125 Å². The van der Waals surface area contributed by atoms with E-state index >= 15 is 0 Å². The molecule has 6 rings (SSSR count). The molecule has 8 nitrogen and oxygen atoms in total. The fourth-order valence-corrected chi connectivity index (χ4v) is 5.58. The summed E-state index contributed by atoms with van der Waals surface area (Å²) < 4.78 is 11.0. The number of rotatable bonds is 10. The molecule has 45 heavy (non-hydrogen) atoms. The number of hydrogen-bond acceptors (Lipinski definition) is 7. The van der Waals surface area contributed by atoms with Crippen LogP contribution in [-0.2, 0) is 19.4 Å². The Labute approximate surface area is 264 Å². The molecule has 0 spiro atoms. The topological polar surface area (TPSA) is 88.6 Å². The second-order valence-corrected chi connectivity index (χ2v) is 11.2. The summed E-state index contributed by atoms with van der Waals surface area (Å²) in [5.74, 6) is 1.86. The van der Waals surface area contributed by atoms with Gasteiger partial charge in [-0.3, -0.25) is 9.69 Å². The number of amides is 1. The Hall–Kier alpha value is -5.21. The summed E-state index contributed by atoms with van der Waals surface area (Å²) in [6.45, 7) is 4.84. The lowest BCUT2D eigenvalue weighted by atomic mass is 9.98. The second-order valence-electron chi connectivity index (χ2n) is 11.2. The van der Waals surface area contributed by atoms with Gasteiger partial charge in [-0.2, -0.15) is 0 Å². The summed E-state index contributed by atoms with van der Waals surface area (Å²) in [5, 5.41) is 6.32. The molecule has 0 saturated heterocycles. The number of anilines is 3. The maximum Gasteiger partial charge on any atom is 0.255 e. The van der Waals surface area contributed by atoms with Gasteiger partial charge in [0.05, 0.1) is 19.9 Å². The van der Waals surface area contributed by atoms with Crippen LogP contribution >= 0.6 is 0 Å². The highest BCUT2D eigenvalue weighted by atomic mass is 16.5. The van der Waals surface area contributed by atoms with Crippen molar-refractivity contribution in [2.45, 2.75) is 26.3 Å². The predicted octanol–water partition coefficient (Wildman–Crippen LogP) is 7.07. The highest BCUT2D eigenvalue weighted by molar-refractivity contribution is 6.05. The van der Waals surface area contributed by atoms with E-state index in [0.29, 0.717) is 11.5 Å². The van der Waals surface area contributed by atoms with Crippen LogP contribution in [0.15, 0.2) is 97.2 Å². The first-order valence-corrected chi connectivity index (χ1v) is 15.1. The number of benzene rings is 4. The van der Waals surface area contributed by atoms with Crippen molar-refractivity contribution < 1.29 is 14.3 Å². The summed E-state index contributed by atoms with van der Waals surface area (Å²) in [6, 6.07) is 29.7. The zero-order valence-electron chi connectivity index (χ0n) is 25.8. The summed E-state index contributed by atoms with van der Waals surface area (Å²) in [7, 11) is 3.35. The molecule has 8 heteroatoms. The minimum atomic E-state index is -0.177. The van der Waals surface area contributed by atoms with E-state index in [0.717, 1.165) is 72.2 Å². The van der Waals surface area contributed by atoms with Gasteiger partial charge in [-0.15, -0.1) is 0 Å². The summed E-state index contributed by atoms with van der Waals surface area (Å²) in [6.07, 6.45) is 3.65. The third-order valence-electron chi connectivity index (χ3n) is 8.20. The summed E-state index contributed by atoms with van der Waals surface area (Å²) in [5.41, 5.74) is 8.75. The molecule has 0 radical (unpaired) electrons. The first kappa shape index (κ1) is 29.8. The lowest BCUT2D eigenvalue weighted by molar-refractivity contribution is 0.102. The molecule has 1 aliphatic heterocycles. The number of methoxy groups -OCH3 is 2. The SMILES string of the molecule is COc1cc2c(cc1OC)CN(CCc1ccc(NC(=O)c3ccc(C)c(Nc4nccc(-c5ccccc5)n4)c3)cc1)CC2. The minimum Gasteiger partial charge on any atom is -0.493 e. The number of carbonyl (C=O) groups is 1. The molecule has 4 aromatic carbocycles. The van der Waals surface area contributed by atoms with Crippen LogP contribution in [-0.4, -0.2) is 48.1 Å². The molecule has 2 N–H and O–H groups in total. The minimum absolute atomic E-state index is 0.177. The smallest absolute Gasteiger partial charge is 0.255 e. The number of fused-ring (bicyclic) bond motifs is 1. The van der Waals surface area contributed by atoms with Gasteiger partial charge in [0.15, 0.2) is 11.5 Å². The molecule has 0 bridgehead atoms. The number of nitrogens with one attached hydrogen (secondary N) is 2. The fraction of sp³-hybridized carbons (Fsp3) is 0.216. The van der Waals surface area contributed by atoms with Gasteiger partial charge in [-0.1, -0.05) is 48.5 Å². The van der Waals surface area contributed by atoms with Crippen molar-refractivity contribution in [1.29, 1.82) is 0 Å². The van der Waals surface area contributed by atoms with Crippen LogP contribution in [0, 0.1) is 6.92 Å². The Morgan fingerprint density at radius 2 is 1.64 bits per heavy atom. The summed E-state index contributed by atoms with van der Waals surface area (Å²) in [4.78, 5) is 24.7. The van der Waals surface area contributed by atoms with Crippen LogP contribution in [0.3, 0.4) is 0 Å². The first-order chi connectivity index (χ1) is 22.0. The Bertz CT molecular complexity index is 1790. The number of hydrogen-bond donors (Lipinski definition) is 2. The highest BCUT2D eigenvalue weighted by Gasteiger charge is 2.19. The first-order valence-electron chi connectivity index (χ1n) is 15.1. The van der Waals surface area contributed by atoms with Crippen molar-refractivity contribution in [1.82, 2.24) is 14.9 Å². The molecule has 0 unspecified atom stereocenters. The largest absolute Gasteiger partial charge is 0.493 e. The molecule has 228 valence electrons. The van der Waals surface area contributed by atoms with Crippen molar-refractivity contribution in [2.75, 3.05) is 37.9 Å². The number of aryl methyl sites for hydroxylation is 1. The third kappa shape index (κ3) is 7.13. The van der Waals surface area contributed by atoms with Crippen LogP contribution in [0.2, 0.25) is 0 Å². The molecule has 5 aromatic rings. The van der Waals surface area contributed by atoms with E-state index < -0.39 is 0 Å². The third-order valence-corrected chi connectivity index (χ3v) is 8.20. The van der Waals surface area contributed by atoms with E-state index in [1.54, 1.807) is 20.4 Å². The van der Waals surface area contributed by atoms with Gasteiger partial charge < -0.3 is 20.1 Å². The van der Waals surface area contributed by atoms with Crippen LogP contribution in [0.25, 0.3) is 11.3 Å². The molecule has 0 aliphatic carbocycles. The maximum atomic E-state index is 13.2. The van der Waals surface area contributed by atoms with Gasteiger partial charge in [-0.25, -0.2) is 9.97 Å². The lowest BCUT2D eigenvalue weighted by Gasteiger charge is -2.29.